The molecule has 1 unspecified atom stereocenters. The molecule has 3 saturated heterocycles. The van der Waals surface area contributed by atoms with Crippen molar-refractivity contribution < 1.29 is 9.53 Å². The maximum absolute atomic E-state index is 11.8. The van der Waals surface area contributed by atoms with Crippen LogP contribution in [0.1, 0.15) is 19.3 Å². The number of hydrogen-bond donors (Lipinski definition) is 1. The van der Waals surface area contributed by atoms with E-state index in [1.165, 1.54) is 7.11 Å². The summed E-state index contributed by atoms with van der Waals surface area (Å²) >= 11 is 0. The molecule has 2 bridgehead atoms. The summed E-state index contributed by atoms with van der Waals surface area (Å²) < 4.78 is 4.90. The first-order valence-corrected chi connectivity index (χ1v) is 5.25. The molecule has 4 heteroatoms. The molecular formula is C10H18N2O2. The van der Waals surface area contributed by atoms with E-state index in [2.05, 4.69) is 4.90 Å². The fourth-order valence-electron chi connectivity index (χ4n) is 2.70. The third-order valence-electron chi connectivity index (χ3n) is 3.81. The lowest BCUT2D eigenvalue weighted by Crippen LogP contribution is -2.50. The van der Waals surface area contributed by atoms with E-state index in [9.17, 15) is 4.79 Å². The van der Waals surface area contributed by atoms with Crippen molar-refractivity contribution in [1.29, 1.82) is 0 Å². The Kier molecular flexibility index (Phi) is 2.49. The molecule has 0 aromatic rings. The van der Waals surface area contributed by atoms with Crippen molar-refractivity contribution in [3.63, 3.8) is 0 Å². The van der Waals surface area contributed by atoms with Crippen LogP contribution in [0.25, 0.3) is 0 Å². The Labute approximate surface area is 84.4 Å². The van der Waals surface area contributed by atoms with Crippen LogP contribution in [-0.2, 0) is 9.53 Å². The Morgan fingerprint density at radius 1 is 1.43 bits per heavy atom. The van der Waals surface area contributed by atoms with Crippen LogP contribution in [0.15, 0.2) is 0 Å². The molecular weight excluding hydrogens is 180 g/mol. The minimum atomic E-state index is -0.387. The number of piperidine rings is 1. The van der Waals surface area contributed by atoms with Crippen LogP contribution < -0.4 is 5.73 Å². The molecule has 0 aromatic heterocycles. The van der Waals surface area contributed by atoms with Gasteiger partial charge in [0.1, 0.15) is 0 Å². The number of fused-ring (bicyclic) bond motifs is 4. The van der Waals surface area contributed by atoms with E-state index in [4.69, 9.17) is 10.5 Å². The van der Waals surface area contributed by atoms with Gasteiger partial charge in [0.2, 0.25) is 0 Å². The van der Waals surface area contributed by atoms with Crippen molar-refractivity contribution in [2.45, 2.75) is 25.3 Å². The number of nitrogens with two attached hydrogens (primary N) is 1. The SMILES string of the molecule is COC(=O)C12CCN(CCC1N)CC2. The molecule has 2 N–H and O–H groups in total. The molecule has 3 fully saturated rings. The van der Waals surface area contributed by atoms with Gasteiger partial charge in [-0.05, 0) is 38.9 Å². The van der Waals surface area contributed by atoms with E-state index >= 15 is 0 Å². The zero-order valence-electron chi connectivity index (χ0n) is 8.66. The molecule has 0 radical (unpaired) electrons. The van der Waals surface area contributed by atoms with Crippen molar-refractivity contribution in [2.75, 3.05) is 26.7 Å². The average molecular weight is 198 g/mol. The van der Waals surface area contributed by atoms with Crippen LogP contribution >= 0.6 is 0 Å². The van der Waals surface area contributed by atoms with Crippen LogP contribution in [0.3, 0.4) is 0 Å². The summed E-state index contributed by atoms with van der Waals surface area (Å²) in [4.78, 5) is 14.2. The van der Waals surface area contributed by atoms with Crippen LogP contribution in [0.4, 0.5) is 0 Å². The monoisotopic (exact) mass is 198 g/mol. The number of ether oxygens (including phenoxy) is 1. The molecule has 0 aliphatic carbocycles. The van der Waals surface area contributed by atoms with Gasteiger partial charge in [0.25, 0.3) is 0 Å². The predicted molar refractivity (Wildman–Crippen MR) is 52.7 cm³/mol. The van der Waals surface area contributed by atoms with Crippen LogP contribution in [-0.4, -0.2) is 43.7 Å². The van der Waals surface area contributed by atoms with E-state index in [-0.39, 0.29) is 17.4 Å². The summed E-state index contributed by atoms with van der Waals surface area (Å²) in [7, 11) is 1.46. The fraction of sp³-hybridized carbons (Fsp3) is 0.900. The smallest absolute Gasteiger partial charge is 0.313 e. The quantitative estimate of drug-likeness (QED) is 0.601. The second kappa shape index (κ2) is 3.51. The van der Waals surface area contributed by atoms with Gasteiger partial charge in [-0.2, -0.15) is 0 Å². The summed E-state index contributed by atoms with van der Waals surface area (Å²) in [6.07, 6.45) is 2.64. The summed E-state index contributed by atoms with van der Waals surface area (Å²) in [5.41, 5.74) is 5.71. The minimum absolute atomic E-state index is 0.0255. The van der Waals surface area contributed by atoms with Gasteiger partial charge in [-0.1, -0.05) is 0 Å². The second-order valence-electron chi connectivity index (χ2n) is 4.38. The zero-order valence-corrected chi connectivity index (χ0v) is 8.66. The minimum Gasteiger partial charge on any atom is -0.469 e. The number of carbonyl (C=O) groups is 1. The van der Waals surface area contributed by atoms with Gasteiger partial charge >= 0.3 is 5.97 Å². The summed E-state index contributed by atoms with van der Waals surface area (Å²) in [6, 6.07) is -0.0255. The molecule has 0 spiro atoms. The average Bonchev–Trinajstić information content (AvgIpc) is 2.49. The van der Waals surface area contributed by atoms with Crippen molar-refractivity contribution in [1.82, 2.24) is 4.90 Å². The van der Waals surface area contributed by atoms with Gasteiger partial charge in [0.05, 0.1) is 12.5 Å². The van der Waals surface area contributed by atoms with E-state index in [1.807, 2.05) is 0 Å². The fourth-order valence-corrected chi connectivity index (χ4v) is 2.70. The molecule has 3 rings (SSSR count). The normalized spacial score (nSPS) is 41.9. The highest BCUT2D eigenvalue weighted by Gasteiger charge is 2.49. The standard InChI is InChI=1S/C10H18N2O2/c1-14-9(13)10-3-6-12(7-4-10)5-2-8(10)11/h8H,2-7,11H2,1H3. The molecule has 0 aromatic carbocycles. The molecule has 3 heterocycles. The van der Waals surface area contributed by atoms with E-state index in [0.717, 1.165) is 38.9 Å². The molecule has 0 amide bonds. The highest BCUT2D eigenvalue weighted by molar-refractivity contribution is 5.78. The third kappa shape index (κ3) is 1.33. The van der Waals surface area contributed by atoms with E-state index < -0.39 is 0 Å². The summed E-state index contributed by atoms with van der Waals surface area (Å²) in [5.74, 6) is -0.105. The third-order valence-corrected chi connectivity index (χ3v) is 3.81. The lowest BCUT2D eigenvalue weighted by atomic mass is 9.73. The van der Waals surface area contributed by atoms with Gasteiger partial charge in [0, 0.05) is 6.04 Å². The lowest BCUT2D eigenvalue weighted by molar-refractivity contribution is -0.156. The first kappa shape index (κ1) is 9.93. The summed E-state index contributed by atoms with van der Waals surface area (Å²) in [5, 5.41) is 0. The predicted octanol–water partition coefficient (Wildman–Crippen LogP) is -0.0274. The highest BCUT2D eigenvalue weighted by Crippen LogP contribution is 2.39. The molecule has 4 nitrogen and oxygen atoms in total. The first-order chi connectivity index (χ1) is 6.69. The number of nitrogens with zero attached hydrogens (tertiary/aromatic N) is 1. The topological polar surface area (TPSA) is 55.6 Å². The first-order valence-electron chi connectivity index (χ1n) is 5.25. The molecule has 80 valence electrons. The Bertz CT molecular complexity index is 234. The number of esters is 1. The molecule has 14 heavy (non-hydrogen) atoms. The van der Waals surface area contributed by atoms with Crippen LogP contribution in [0.5, 0.6) is 0 Å². The van der Waals surface area contributed by atoms with E-state index in [0.29, 0.717) is 0 Å². The molecule has 3 aliphatic rings. The molecule has 3 aliphatic heterocycles. The number of hydrogen-bond acceptors (Lipinski definition) is 4. The summed E-state index contributed by atoms with van der Waals surface area (Å²) in [6.45, 7) is 3.01. The second-order valence-corrected chi connectivity index (χ2v) is 4.38. The Morgan fingerprint density at radius 2 is 2.07 bits per heavy atom. The van der Waals surface area contributed by atoms with Gasteiger partial charge in [0.15, 0.2) is 0 Å². The van der Waals surface area contributed by atoms with Crippen molar-refractivity contribution in [3.8, 4) is 0 Å². The van der Waals surface area contributed by atoms with Gasteiger partial charge < -0.3 is 15.4 Å². The Morgan fingerprint density at radius 3 is 2.64 bits per heavy atom. The maximum atomic E-state index is 11.8. The maximum Gasteiger partial charge on any atom is 0.313 e. The molecule has 0 saturated carbocycles. The zero-order chi connectivity index (χ0) is 10.2. The van der Waals surface area contributed by atoms with Crippen molar-refractivity contribution >= 4 is 5.97 Å². The number of rotatable bonds is 1. The van der Waals surface area contributed by atoms with Crippen LogP contribution in [0, 0.1) is 5.41 Å². The Balaban J connectivity index is 2.25. The van der Waals surface area contributed by atoms with Crippen LogP contribution in [0.2, 0.25) is 0 Å². The van der Waals surface area contributed by atoms with Gasteiger partial charge in [-0.15, -0.1) is 0 Å². The molecule has 1 atom stereocenters. The number of carbonyl (C=O) groups excluding carboxylic acids is 1. The number of methoxy groups -OCH3 is 1. The Hall–Kier alpha value is -0.610. The van der Waals surface area contributed by atoms with Crippen molar-refractivity contribution in [2.24, 2.45) is 11.1 Å². The van der Waals surface area contributed by atoms with Gasteiger partial charge in [-0.25, -0.2) is 0 Å². The lowest BCUT2D eigenvalue weighted by Gasteiger charge is -2.38. The largest absolute Gasteiger partial charge is 0.469 e. The van der Waals surface area contributed by atoms with E-state index in [1.54, 1.807) is 0 Å². The highest BCUT2D eigenvalue weighted by atomic mass is 16.5. The van der Waals surface area contributed by atoms with Gasteiger partial charge in [-0.3, -0.25) is 4.79 Å². The van der Waals surface area contributed by atoms with Crippen molar-refractivity contribution in [3.05, 3.63) is 0 Å².